The second-order valence-electron chi connectivity index (χ2n) is 4.37. The Labute approximate surface area is 134 Å². The molecule has 0 aliphatic heterocycles. The van der Waals surface area contributed by atoms with Gasteiger partial charge in [0.1, 0.15) is 10.8 Å². The van der Waals surface area contributed by atoms with Crippen LogP contribution in [0.1, 0.15) is 16.1 Å². The zero-order valence-corrected chi connectivity index (χ0v) is 12.5. The lowest BCUT2D eigenvalue weighted by molar-refractivity contribution is -0.384. The second-order valence-corrected chi connectivity index (χ2v) is 4.78. The van der Waals surface area contributed by atoms with Gasteiger partial charge in [-0.25, -0.2) is 4.79 Å². The molecule has 1 N–H and O–H groups in total. The lowest BCUT2D eigenvalue weighted by Gasteiger charge is -2.05. The Morgan fingerprint density at radius 2 is 2.17 bits per heavy atom. The lowest BCUT2D eigenvalue weighted by atomic mass is 10.2. The molecule has 0 saturated carbocycles. The van der Waals surface area contributed by atoms with E-state index in [2.05, 4.69) is 10.5 Å². The molecule has 23 heavy (non-hydrogen) atoms. The van der Waals surface area contributed by atoms with Crippen LogP contribution in [0.25, 0.3) is 0 Å². The number of aryl methyl sites for hydroxylation is 1. The predicted octanol–water partition coefficient (Wildman–Crippen LogP) is 2.34. The van der Waals surface area contributed by atoms with Crippen molar-refractivity contribution in [3.63, 3.8) is 0 Å². The molecule has 0 saturated heterocycles. The first-order valence-electron chi connectivity index (χ1n) is 6.21. The minimum atomic E-state index is -0.892. The number of esters is 1. The fraction of sp³-hybridized carbons (Fsp3) is 0.154. The van der Waals surface area contributed by atoms with E-state index in [1.165, 1.54) is 18.2 Å². The van der Waals surface area contributed by atoms with Gasteiger partial charge < -0.3 is 14.6 Å². The summed E-state index contributed by atoms with van der Waals surface area (Å²) in [5.41, 5.74) is -0.519. The summed E-state index contributed by atoms with van der Waals surface area (Å²) in [6, 6.07) is 4.93. The van der Waals surface area contributed by atoms with Crippen LogP contribution in [0.5, 0.6) is 0 Å². The van der Waals surface area contributed by atoms with Gasteiger partial charge in [0.25, 0.3) is 11.6 Å². The van der Waals surface area contributed by atoms with Crippen LogP contribution in [0.3, 0.4) is 0 Å². The molecule has 0 aliphatic rings. The van der Waals surface area contributed by atoms with Crippen molar-refractivity contribution in [2.45, 2.75) is 6.92 Å². The maximum atomic E-state index is 11.8. The molecule has 0 atom stereocenters. The van der Waals surface area contributed by atoms with Crippen LogP contribution in [0.4, 0.5) is 11.5 Å². The van der Waals surface area contributed by atoms with E-state index in [0.717, 1.165) is 6.07 Å². The third-order valence-electron chi connectivity index (χ3n) is 2.61. The van der Waals surface area contributed by atoms with Gasteiger partial charge in [0.05, 0.1) is 10.5 Å². The van der Waals surface area contributed by atoms with E-state index >= 15 is 0 Å². The van der Waals surface area contributed by atoms with E-state index in [0.29, 0.717) is 5.76 Å². The number of hydrogen-bond donors (Lipinski definition) is 1. The van der Waals surface area contributed by atoms with Crippen molar-refractivity contribution in [2.75, 3.05) is 11.9 Å². The van der Waals surface area contributed by atoms with E-state index in [9.17, 15) is 19.7 Å². The first-order chi connectivity index (χ1) is 10.9. The van der Waals surface area contributed by atoms with Crippen LogP contribution in [0, 0.1) is 17.0 Å². The maximum Gasteiger partial charge on any atom is 0.338 e. The van der Waals surface area contributed by atoms with E-state index in [1.54, 1.807) is 6.92 Å². The van der Waals surface area contributed by atoms with Crippen LogP contribution in [-0.2, 0) is 9.53 Å². The van der Waals surface area contributed by atoms with Crippen LogP contribution in [0.15, 0.2) is 28.8 Å². The van der Waals surface area contributed by atoms with Crippen molar-refractivity contribution in [2.24, 2.45) is 0 Å². The van der Waals surface area contributed by atoms with Gasteiger partial charge in [-0.05, 0) is 19.1 Å². The molecule has 1 aromatic carbocycles. The molecule has 120 valence electrons. The lowest BCUT2D eigenvalue weighted by Crippen LogP contribution is -2.21. The molecule has 0 aliphatic carbocycles. The molecule has 0 radical (unpaired) electrons. The topological polar surface area (TPSA) is 125 Å². The fourth-order valence-electron chi connectivity index (χ4n) is 1.60. The summed E-state index contributed by atoms with van der Waals surface area (Å²) in [7, 11) is 0. The third kappa shape index (κ3) is 4.27. The summed E-state index contributed by atoms with van der Waals surface area (Å²) in [5, 5.41) is 16.6. The molecule has 2 rings (SSSR count). The SMILES string of the molecule is Cc1cc(NC(=O)COC(=O)c2ccc(Cl)c([N+](=O)[O-])c2)no1. The van der Waals surface area contributed by atoms with Crippen LogP contribution >= 0.6 is 11.6 Å². The molecular weight excluding hydrogens is 330 g/mol. The Hall–Kier alpha value is -2.94. The van der Waals surface area contributed by atoms with Crippen molar-refractivity contribution in [3.8, 4) is 0 Å². The molecular formula is C13H10ClN3O6. The number of nitrogens with zero attached hydrogens (tertiary/aromatic N) is 2. The maximum absolute atomic E-state index is 11.8. The van der Waals surface area contributed by atoms with E-state index in [4.69, 9.17) is 20.9 Å². The van der Waals surface area contributed by atoms with E-state index in [-0.39, 0.29) is 16.4 Å². The number of amides is 1. The quantitative estimate of drug-likeness (QED) is 0.503. The molecule has 2 aromatic rings. The van der Waals surface area contributed by atoms with Crippen molar-refractivity contribution in [3.05, 3.63) is 50.7 Å². The number of ether oxygens (including phenoxy) is 1. The minimum Gasteiger partial charge on any atom is -0.452 e. The van der Waals surface area contributed by atoms with Crippen molar-refractivity contribution in [1.82, 2.24) is 5.16 Å². The number of carbonyl (C=O) groups is 2. The van der Waals surface area contributed by atoms with Crippen LogP contribution in [0.2, 0.25) is 5.02 Å². The molecule has 9 nitrogen and oxygen atoms in total. The van der Waals surface area contributed by atoms with Gasteiger partial charge >= 0.3 is 5.97 Å². The predicted molar refractivity (Wildman–Crippen MR) is 78.3 cm³/mol. The molecule has 0 spiro atoms. The highest BCUT2D eigenvalue weighted by molar-refractivity contribution is 6.32. The smallest absolute Gasteiger partial charge is 0.338 e. The standard InChI is InChI=1S/C13H10ClN3O6/c1-7-4-11(16-23-7)15-12(18)6-22-13(19)8-2-3-9(14)10(5-8)17(20)21/h2-5H,6H2,1H3,(H,15,16,18). The Kier molecular flexibility index (Phi) is 4.91. The largest absolute Gasteiger partial charge is 0.452 e. The van der Waals surface area contributed by atoms with Crippen LogP contribution < -0.4 is 5.32 Å². The number of carbonyl (C=O) groups excluding carboxylic acids is 2. The molecule has 1 heterocycles. The van der Waals surface area contributed by atoms with E-state index < -0.39 is 29.1 Å². The molecule has 0 fully saturated rings. The summed E-state index contributed by atoms with van der Waals surface area (Å²) in [5.74, 6) is -0.831. The fourth-order valence-corrected chi connectivity index (χ4v) is 1.78. The molecule has 10 heteroatoms. The Morgan fingerprint density at radius 3 is 2.78 bits per heavy atom. The van der Waals surface area contributed by atoms with Gasteiger partial charge in [-0.15, -0.1) is 0 Å². The number of anilines is 1. The van der Waals surface area contributed by atoms with Crippen LogP contribution in [-0.4, -0.2) is 28.6 Å². The summed E-state index contributed by atoms with van der Waals surface area (Å²) in [6.45, 7) is 1.07. The normalized spacial score (nSPS) is 10.2. The molecule has 0 unspecified atom stereocenters. The van der Waals surface area contributed by atoms with Crippen molar-refractivity contribution in [1.29, 1.82) is 0 Å². The van der Waals surface area contributed by atoms with Gasteiger partial charge in [-0.3, -0.25) is 14.9 Å². The summed E-state index contributed by atoms with van der Waals surface area (Å²) in [4.78, 5) is 33.4. The molecule has 1 amide bonds. The monoisotopic (exact) mass is 339 g/mol. The van der Waals surface area contributed by atoms with Gasteiger partial charge in [-0.2, -0.15) is 0 Å². The Morgan fingerprint density at radius 1 is 1.43 bits per heavy atom. The summed E-state index contributed by atoms with van der Waals surface area (Å²) >= 11 is 5.64. The Bertz CT molecular complexity index is 773. The summed E-state index contributed by atoms with van der Waals surface area (Å²) in [6.07, 6.45) is 0. The van der Waals surface area contributed by atoms with Gasteiger partial charge in [0.15, 0.2) is 12.4 Å². The highest BCUT2D eigenvalue weighted by Gasteiger charge is 2.18. The summed E-state index contributed by atoms with van der Waals surface area (Å²) < 4.78 is 9.53. The van der Waals surface area contributed by atoms with Gasteiger partial charge in [0, 0.05) is 12.1 Å². The first kappa shape index (κ1) is 16.4. The minimum absolute atomic E-state index is 0.0915. The van der Waals surface area contributed by atoms with Gasteiger partial charge in [-0.1, -0.05) is 16.8 Å². The van der Waals surface area contributed by atoms with E-state index in [1.807, 2.05) is 0 Å². The second kappa shape index (κ2) is 6.88. The number of nitro groups is 1. The van der Waals surface area contributed by atoms with Crippen molar-refractivity contribution >= 4 is 35.0 Å². The molecule has 1 aromatic heterocycles. The number of nitro benzene ring substituents is 1. The van der Waals surface area contributed by atoms with Gasteiger partial charge in [0.2, 0.25) is 0 Å². The highest BCUT2D eigenvalue weighted by atomic mass is 35.5. The third-order valence-corrected chi connectivity index (χ3v) is 2.93. The number of hydrogen-bond acceptors (Lipinski definition) is 7. The average Bonchev–Trinajstić information content (AvgIpc) is 2.90. The highest BCUT2D eigenvalue weighted by Crippen LogP contribution is 2.25. The van der Waals surface area contributed by atoms with Crippen molar-refractivity contribution < 1.29 is 23.8 Å². The zero-order chi connectivity index (χ0) is 17.0. The number of nitrogens with one attached hydrogen (secondary N) is 1. The number of halogens is 1. The number of rotatable bonds is 5. The number of aromatic nitrogens is 1. The molecule has 0 bridgehead atoms. The number of benzene rings is 1. The average molecular weight is 340 g/mol. The first-order valence-corrected chi connectivity index (χ1v) is 6.59. The Balaban J connectivity index is 1.95. The zero-order valence-electron chi connectivity index (χ0n) is 11.7.